The van der Waals surface area contributed by atoms with E-state index in [0.717, 1.165) is 37.3 Å². The molecule has 0 aliphatic carbocycles. The Hall–Kier alpha value is -1.87. The minimum atomic E-state index is 0.0940. The van der Waals surface area contributed by atoms with E-state index < -0.39 is 0 Å². The summed E-state index contributed by atoms with van der Waals surface area (Å²) in [6.07, 6.45) is 5.27. The number of amides is 1. The molecule has 0 fully saturated rings. The molecule has 0 bridgehead atoms. The second-order valence-corrected chi connectivity index (χ2v) is 4.76. The van der Waals surface area contributed by atoms with E-state index in [1.54, 1.807) is 0 Å². The van der Waals surface area contributed by atoms with Gasteiger partial charge in [-0.25, -0.2) is 0 Å². The number of fused-ring (bicyclic) bond motifs is 1. The normalized spacial score (nSPS) is 13.2. The average molecular weight is 256 g/mol. The highest BCUT2D eigenvalue weighted by Gasteiger charge is 2.20. The molecule has 0 spiro atoms. The van der Waals surface area contributed by atoms with Crippen molar-refractivity contribution in [1.29, 1.82) is 0 Å². The van der Waals surface area contributed by atoms with Crippen LogP contribution >= 0.6 is 0 Å². The van der Waals surface area contributed by atoms with Crippen LogP contribution in [0.1, 0.15) is 11.1 Å². The Morgan fingerprint density at radius 3 is 2.68 bits per heavy atom. The lowest BCUT2D eigenvalue weighted by atomic mass is 10.0. The molecular weight excluding hydrogens is 236 g/mol. The van der Waals surface area contributed by atoms with Gasteiger partial charge in [0.2, 0.25) is 5.91 Å². The Balaban J connectivity index is 2.04. The molecule has 0 atom stereocenters. The predicted octanol–water partition coefficient (Wildman–Crippen LogP) is 2.40. The number of nitrogens with one attached hydrogen (secondary N) is 1. The summed E-state index contributed by atoms with van der Waals surface area (Å²) in [4.78, 5) is 13.7. The van der Waals surface area contributed by atoms with E-state index >= 15 is 0 Å². The van der Waals surface area contributed by atoms with Crippen LogP contribution in [0.25, 0.3) is 0 Å². The van der Waals surface area contributed by atoms with Crippen LogP contribution in [0.2, 0.25) is 0 Å². The van der Waals surface area contributed by atoms with Gasteiger partial charge in [0.25, 0.3) is 0 Å². The minimum absolute atomic E-state index is 0.0940. The fourth-order valence-electron chi connectivity index (χ4n) is 2.45. The molecular formula is C16H20N2O. The summed E-state index contributed by atoms with van der Waals surface area (Å²) in [5.41, 5.74) is 3.39. The molecule has 1 aliphatic rings. The zero-order valence-corrected chi connectivity index (χ0v) is 11.2. The van der Waals surface area contributed by atoms with Gasteiger partial charge >= 0.3 is 0 Å². The van der Waals surface area contributed by atoms with Gasteiger partial charge in [0, 0.05) is 25.3 Å². The van der Waals surface area contributed by atoms with Crippen molar-refractivity contribution in [3.8, 4) is 0 Å². The third-order valence-corrected chi connectivity index (χ3v) is 3.36. The molecule has 2 rings (SSSR count). The quantitative estimate of drug-likeness (QED) is 0.760. The van der Waals surface area contributed by atoms with Crippen LogP contribution in [0.15, 0.2) is 43.5 Å². The molecule has 1 heterocycles. The predicted molar refractivity (Wildman–Crippen MR) is 79.3 cm³/mol. The molecule has 1 amide bonds. The Morgan fingerprint density at radius 2 is 2.00 bits per heavy atom. The SMILES string of the molecule is C=CCN(CC=C)CCc1cccc2c1CC(=O)N2. The van der Waals surface area contributed by atoms with Gasteiger partial charge in [0.1, 0.15) is 0 Å². The topological polar surface area (TPSA) is 32.3 Å². The third-order valence-electron chi connectivity index (χ3n) is 3.36. The molecule has 19 heavy (non-hydrogen) atoms. The van der Waals surface area contributed by atoms with E-state index in [-0.39, 0.29) is 5.91 Å². The van der Waals surface area contributed by atoms with Crippen LogP contribution in [0, 0.1) is 0 Å². The number of hydrogen-bond acceptors (Lipinski definition) is 2. The van der Waals surface area contributed by atoms with Crippen LogP contribution < -0.4 is 5.32 Å². The largest absolute Gasteiger partial charge is 0.326 e. The van der Waals surface area contributed by atoms with Crippen LogP contribution in [-0.2, 0) is 17.6 Å². The smallest absolute Gasteiger partial charge is 0.228 e. The van der Waals surface area contributed by atoms with Crippen LogP contribution in [-0.4, -0.2) is 30.4 Å². The van der Waals surface area contributed by atoms with Crippen molar-refractivity contribution in [1.82, 2.24) is 4.90 Å². The van der Waals surface area contributed by atoms with Crippen molar-refractivity contribution in [2.45, 2.75) is 12.8 Å². The van der Waals surface area contributed by atoms with E-state index in [1.165, 1.54) is 5.56 Å². The summed E-state index contributed by atoms with van der Waals surface area (Å²) in [5.74, 6) is 0.0940. The highest BCUT2D eigenvalue weighted by atomic mass is 16.1. The zero-order valence-electron chi connectivity index (χ0n) is 11.2. The molecule has 1 aromatic carbocycles. The standard InChI is InChI=1S/C16H20N2O/c1-3-9-18(10-4-2)11-8-13-6-5-7-15-14(13)12-16(19)17-15/h3-7H,1-2,8-12H2,(H,17,19). The van der Waals surface area contributed by atoms with Crippen LogP contribution in [0.3, 0.4) is 0 Å². The zero-order chi connectivity index (χ0) is 13.7. The Labute approximate surface area is 114 Å². The van der Waals surface area contributed by atoms with Gasteiger partial charge in [-0.15, -0.1) is 13.2 Å². The maximum Gasteiger partial charge on any atom is 0.228 e. The van der Waals surface area contributed by atoms with Gasteiger partial charge in [-0.2, -0.15) is 0 Å². The van der Waals surface area contributed by atoms with Crippen molar-refractivity contribution >= 4 is 11.6 Å². The fraction of sp³-hybridized carbons (Fsp3) is 0.312. The number of carbonyl (C=O) groups excluding carboxylic acids is 1. The molecule has 0 saturated carbocycles. The maximum absolute atomic E-state index is 11.4. The van der Waals surface area contributed by atoms with E-state index in [2.05, 4.69) is 29.4 Å². The van der Waals surface area contributed by atoms with E-state index in [0.29, 0.717) is 6.42 Å². The first-order valence-corrected chi connectivity index (χ1v) is 6.59. The van der Waals surface area contributed by atoms with Crippen molar-refractivity contribution in [3.05, 3.63) is 54.6 Å². The molecule has 3 heteroatoms. The molecule has 1 aromatic rings. The molecule has 3 nitrogen and oxygen atoms in total. The van der Waals surface area contributed by atoms with Crippen molar-refractivity contribution in [2.75, 3.05) is 25.0 Å². The second kappa shape index (κ2) is 6.34. The first-order chi connectivity index (χ1) is 9.24. The highest BCUT2D eigenvalue weighted by molar-refractivity contribution is 5.99. The molecule has 0 aromatic heterocycles. The van der Waals surface area contributed by atoms with Crippen molar-refractivity contribution in [2.24, 2.45) is 0 Å². The summed E-state index contributed by atoms with van der Waals surface area (Å²) in [6.45, 7) is 10.2. The molecule has 0 unspecified atom stereocenters. The number of benzene rings is 1. The van der Waals surface area contributed by atoms with Gasteiger partial charge in [-0.05, 0) is 23.6 Å². The molecule has 0 saturated heterocycles. The lowest BCUT2D eigenvalue weighted by molar-refractivity contribution is -0.115. The first kappa shape index (κ1) is 13.6. The summed E-state index contributed by atoms with van der Waals surface area (Å²) in [5, 5.41) is 2.89. The number of hydrogen-bond donors (Lipinski definition) is 1. The van der Waals surface area contributed by atoms with Crippen molar-refractivity contribution in [3.63, 3.8) is 0 Å². The molecule has 100 valence electrons. The number of anilines is 1. The Kier molecular flexibility index (Phi) is 4.53. The van der Waals surface area contributed by atoms with Gasteiger partial charge in [0.15, 0.2) is 0 Å². The van der Waals surface area contributed by atoms with E-state index in [1.807, 2.05) is 24.3 Å². The van der Waals surface area contributed by atoms with Crippen LogP contribution in [0.4, 0.5) is 5.69 Å². The third kappa shape index (κ3) is 3.32. The maximum atomic E-state index is 11.4. The number of rotatable bonds is 7. The second-order valence-electron chi connectivity index (χ2n) is 4.76. The average Bonchev–Trinajstić information content (AvgIpc) is 2.77. The van der Waals surface area contributed by atoms with Crippen molar-refractivity contribution < 1.29 is 4.79 Å². The molecule has 1 N–H and O–H groups in total. The number of carbonyl (C=O) groups is 1. The van der Waals surface area contributed by atoms with Gasteiger partial charge in [-0.3, -0.25) is 9.69 Å². The summed E-state index contributed by atoms with van der Waals surface area (Å²) in [6, 6.07) is 6.08. The molecule has 1 aliphatic heterocycles. The Bertz CT molecular complexity index is 484. The minimum Gasteiger partial charge on any atom is -0.326 e. The lowest BCUT2D eigenvalue weighted by Crippen LogP contribution is -2.26. The summed E-state index contributed by atoms with van der Waals surface area (Å²) < 4.78 is 0. The Morgan fingerprint density at radius 1 is 1.26 bits per heavy atom. The van der Waals surface area contributed by atoms with Gasteiger partial charge in [-0.1, -0.05) is 24.3 Å². The van der Waals surface area contributed by atoms with E-state index in [9.17, 15) is 4.79 Å². The fourth-order valence-corrected chi connectivity index (χ4v) is 2.45. The number of nitrogens with zero attached hydrogens (tertiary/aromatic N) is 1. The highest BCUT2D eigenvalue weighted by Crippen LogP contribution is 2.26. The lowest BCUT2D eigenvalue weighted by Gasteiger charge is -2.19. The summed E-state index contributed by atoms with van der Waals surface area (Å²) in [7, 11) is 0. The molecule has 0 radical (unpaired) electrons. The van der Waals surface area contributed by atoms with Crippen LogP contribution in [0.5, 0.6) is 0 Å². The van der Waals surface area contributed by atoms with E-state index in [4.69, 9.17) is 0 Å². The first-order valence-electron chi connectivity index (χ1n) is 6.59. The monoisotopic (exact) mass is 256 g/mol. The van der Waals surface area contributed by atoms with Gasteiger partial charge in [0.05, 0.1) is 6.42 Å². The summed E-state index contributed by atoms with van der Waals surface area (Å²) >= 11 is 0. The van der Waals surface area contributed by atoms with Gasteiger partial charge < -0.3 is 5.32 Å².